The van der Waals surface area contributed by atoms with Crippen molar-refractivity contribution in [1.82, 2.24) is 25.1 Å². The standard InChI is InChI=1S/C17H15N5O2S/c1-10-20-21-15(24-10)8-18-16(23)12-9-25-17(19-12)14-7-11-5-3-4-6-13(11)22(14)2/h3-7,9H,8H2,1-2H3,(H,18,23). The lowest BCUT2D eigenvalue weighted by atomic mass is 10.2. The molecular formula is C17H15N5O2S. The van der Waals surface area contributed by atoms with E-state index in [2.05, 4.69) is 43.3 Å². The Bertz CT molecular complexity index is 1060. The van der Waals surface area contributed by atoms with Crippen molar-refractivity contribution in [3.8, 4) is 10.7 Å². The van der Waals surface area contributed by atoms with Gasteiger partial charge in [-0.15, -0.1) is 21.5 Å². The quantitative estimate of drug-likeness (QED) is 0.610. The first-order valence-corrected chi connectivity index (χ1v) is 8.57. The van der Waals surface area contributed by atoms with Gasteiger partial charge in [-0.25, -0.2) is 4.98 Å². The molecule has 0 unspecified atom stereocenters. The summed E-state index contributed by atoms with van der Waals surface area (Å²) in [5, 5.41) is 14.0. The monoisotopic (exact) mass is 353 g/mol. The number of nitrogens with one attached hydrogen (secondary N) is 1. The highest BCUT2D eigenvalue weighted by Crippen LogP contribution is 2.29. The summed E-state index contributed by atoms with van der Waals surface area (Å²) in [5.41, 5.74) is 2.49. The van der Waals surface area contributed by atoms with Crippen molar-refractivity contribution in [2.24, 2.45) is 7.05 Å². The van der Waals surface area contributed by atoms with Gasteiger partial charge in [0.2, 0.25) is 11.8 Å². The molecule has 0 fully saturated rings. The van der Waals surface area contributed by atoms with Gasteiger partial charge in [-0.2, -0.15) is 0 Å². The molecule has 1 N–H and O–H groups in total. The number of hydrogen-bond donors (Lipinski definition) is 1. The summed E-state index contributed by atoms with van der Waals surface area (Å²) in [6.45, 7) is 1.88. The van der Waals surface area contributed by atoms with Gasteiger partial charge in [-0.3, -0.25) is 4.79 Å². The lowest BCUT2D eigenvalue weighted by Gasteiger charge is -2.01. The summed E-state index contributed by atoms with van der Waals surface area (Å²) in [7, 11) is 2.00. The fourth-order valence-electron chi connectivity index (χ4n) is 2.65. The van der Waals surface area contributed by atoms with Crippen LogP contribution in [0.4, 0.5) is 0 Å². The number of aryl methyl sites for hydroxylation is 2. The average Bonchev–Trinajstić information content (AvgIpc) is 3.32. The number of fused-ring (bicyclic) bond motifs is 1. The lowest BCUT2D eigenvalue weighted by molar-refractivity contribution is 0.0943. The molecule has 0 atom stereocenters. The molecule has 0 radical (unpaired) electrons. The predicted octanol–water partition coefficient (Wildman–Crippen LogP) is 2.92. The molecule has 8 heteroatoms. The van der Waals surface area contributed by atoms with Crippen LogP contribution in [0.2, 0.25) is 0 Å². The summed E-state index contributed by atoms with van der Waals surface area (Å²) < 4.78 is 7.32. The first kappa shape index (κ1) is 15.5. The fourth-order valence-corrected chi connectivity index (χ4v) is 3.50. The van der Waals surface area contributed by atoms with Crippen molar-refractivity contribution in [1.29, 1.82) is 0 Å². The van der Waals surface area contributed by atoms with Crippen LogP contribution < -0.4 is 5.32 Å². The third-order valence-corrected chi connectivity index (χ3v) is 4.74. The second kappa shape index (κ2) is 6.14. The number of benzene rings is 1. The van der Waals surface area contributed by atoms with E-state index in [1.165, 1.54) is 11.3 Å². The maximum absolute atomic E-state index is 12.3. The predicted molar refractivity (Wildman–Crippen MR) is 94.2 cm³/mol. The molecule has 0 aliphatic rings. The molecule has 0 saturated carbocycles. The zero-order valence-corrected chi connectivity index (χ0v) is 14.5. The van der Waals surface area contributed by atoms with E-state index in [9.17, 15) is 4.79 Å². The SMILES string of the molecule is Cc1nnc(CNC(=O)c2csc(-c3cc4ccccc4n3C)n2)o1. The first-order valence-electron chi connectivity index (χ1n) is 7.69. The lowest BCUT2D eigenvalue weighted by Crippen LogP contribution is -2.23. The van der Waals surface area contributed by atoms with Gasteiger partial charge < -0.3 is 14.3 Å². The summed E-state index contributed by atoms with van der Waals surface area (Å²) in [5.74, 6) is 0.572. The van der Waals surface area contributed by atoms with Crippen LogP contribution in [0, 0.1) is 6.92 Å². The Morgan fingerprint density at radius 1 is 1.32 bits per heavy atom. The minimum Gasteiger partial charge on any atom is -0.424 e. The minimum absolute atomic E-state index is 0.181. The number of amides is 1. The van der Waals surface area contributed by atoms with Crippen molar-refractivity contribution < 1.29 is 9.21 Å². The molecule has 126 valence electrons. The van der Waals surface area contributed by atoms with Crippen LogP contribution >= 0.6 is 11.3 Å². The maximum atomic E-state index is 12.3. The van der Waals surface area contributed by atoms with Gasteiger partial charge in [0.15, 0.2) is 0 Å². The van der Waals surface area contributed by atoms with Crippen molar-refractivity contribution in [2.75, 3.05) is 0 Å². The number of thiazole rings is 1. The highest BCUT2D eigenvalue weighted by Gasteiger charge is 2.15. The van der Waals surface area contributed by atoms with Gasteiger partial charge in [0, 0.05) is 30.3 Å². The van der Waals surface area contributed by atoms with Crippen molar-refractivity contribution in [3.63, 3.8) is 0 Å². The Kier molecular flexibility index (Phi) is 3.81. The average molecular weight is 353 g/mol. The summed E-state index contributed by atoms with van der Waals surface area (Å²) in [6.07, 6.45) is 0. The van der Waals surface area contributed by atoms with Crippen molar-refractivity contribution >= 4 is 28.1 Å². The van der Waals surface area contributed by atoms with Gasteiger partial charge in [-0.1, -0.05) is 18.2 Å². The number of aromatic nitrogens is 4. The highest BCUT2D eigenvalue weighted by atomic mass is 32.1. The van der Waals surface area contributed by atoms with E-state index in [0.717, 1.165) is 21.6 Å². The van der Waals surface area contributed by atoms with E-state index in [4.69, 9.17) is 4.42 Å². The topological polar surface area (TPSA) is 85.8 Å². The number of hydrogen-bond acceptors (Lipinski definition) is 6. The van der Waals surface area contributed by atoms with Gasteiger partial charge >= 0.3 is 0 Å². The molecule has 1 amide bonds. The van der Waals surface area contributed by atoms with E-state index >= 15 is 0 Å². The smallest absolute Gasteiger partial charge is 0.271 e. The number of nitrogens with zero attached hydrogens (tertiary/aromatic N) is 4. The Morgan fingerprint density at radius 3 is 2.92 bits per heavy atom. The minimum atomic E-state index is -0.267. The van der Waals surface area contributed by atoms with Crippen LogP contribution in [0.15, 0.2) is 40.1 Å². The second-order valence-electron chi connectivity index (χ2n) is 5.58. The molecule has 0 aliphatic carbocycles. The summed E-state index contributed by atoms with van der Waals surface area (Å²) >= 11 is 1.44. The van der Waals surface area contributed by atoms with Crippen LogP contribution in [0.1, 0.15) is 22.3 Å². The zero-order chi connectivity index (χ0) is 17.4. The van der Waals surface area contributed by atoms with Gasteiger partial charge in [-0.05, 0) is 12.1 Å². The Hall–Kier alpha value is -3.00. The molecule has 3 aromatic heterocycles. The molecular weight excluding hydrogens is 338 g/mol. The van der Waals surface area contributed by atoms with Crippen molar-refractivity contribution in [2.45, 2.75) is 13.5 Å². The third kappa shape index (κ3) is 2.91. The maximum Gasteiger partial charge on any atom is 0.271 e. The fraction of sp³-hybridized carbons (Fsp3) is 0.176. The second-order valence-corrected chi connectivity index (χ2v) is 6.44. The van der Waals surface area contributed by atoms with Gasteiger partial charge in [0.1, 0.15) is 10.7 Å². The molecule has 1 aromatic carbocycles. The number of rotatable bonds is 4. The molecule has 7 nitrogen and oxygen atoms in total. The van der Waals surface area contributed by atoms with Crippen LogP contribution in [-0.2, 0) is 13.6 Å². The molecule has 0 bridgehead atoms. The highest BCUT2D eigenvalue weighted by molar-refractivity contribution is 7.13. The van der Waals surface area contributed by atoms with E-state index in [-0.39, 0.29) is 12.5 Å². The number of carbonyl (C=O) groups excluding carboxylic acids is 1. The molecule has 4 aromatic rings. The molecule has 25 heavy (non-hydrogen) atoms. The molecule has 0 saturated heterocycles. The Morgan fingerprint density at radius 2 is 2.16 bits per heavy atom. The number of para-hydroxylation sites is 1. The first-order chi connectivity index (χ1) is 12.1. The zero-order valence-electron chi connectivity index (χ0n) is 13.7. The number of carbonyl (C=O) groups is 1. The normalized spacial score (nSPS) is 11.1. The van der Waals surface area contributed by atoms with Crippen LogP contribution in [0.5, 0.6) is 0 Å². The van der Waals surface area contributed by atoms with Crippen LogP contribution in [-0.4, -0.2) is 25.7 Å². The van der Waals surface area contributed by atoms with Crippen LogP contribution in [0.3, 0.4) is 0 Å². The largest absolute Gasteiger partial charge is 0.424 e. The molecule has 0 spiro atoms. The molecule has 4 rings (SSSR count). The van der Waals surface area contributed by atoms with E-state index < -0.39 is 0 Å². The molecule has 0 aliphatic heterocycles. The Balaban J connectivity index is 1.54. The van der Waals surface area contributed by atoms with E-state index in [1.807, 2.05) is 19.2 Å². The van der Waals surface area contributed by atoms with E-state index in [1.54, 1.807) is 12.3 Å². The third-order valence-electron chi connectivity index (χ3n) is 3.88. The summed E-state index contributed by atoms with van der Waals surface area (Å²) in [4.78, 5) is 16.7. The van der Waals surface area contributed by atoms with Gasteiger partial charge in [0.05, 0.1) is 12.2 Å². The van der Waals surface area contributed by atoms with E-state index in [0.29, 0.717) is 17.5 Å². The summed E-state index contributed by atoms with van der Waals surface area (Å²) in [6, 6.07) is 10.2. The van der Waals surface area contributed by atoms with Crippen molar-refractivity contribution in [3.05, 3.63) is 53.2 Å². The van der Waals surface area contributed by atoms with Crippen LogP contribution in [0.25, 0.3) is 21.6 Å². The Labute approximate surface area is 147 Å². The van der Waals surface area contributed by atoms with Gasteiger partial charge in [0.25, 0.3) is 5.91 Å². The molecule has 3 heterocycles.